The summed E-state index contributed by atoms with van der Waals surface area (Å²) >= 11 is 1.45. The van der Waals surface area contributed by atoms with Crippen LogP contribution in [-0.4, -0.2) is 17.0 Å². The second-order valence-corrected chi connectivity index (χ2v) is 5.83. The van der Waals surface area contributed by atoms with Crippen LogP contribution in [0.3, 0.4) is 0 Å². The first kappa shape index (κ1) is 14.5. The predicted molar refractivity (Wildman–Crippen MR) is 81.4 cm³/mol. The molecule has 0 aliphatic rings. The third-order valence-corrected chi connectivity index (χ3v) is 3.64. The molecule has 0 saturated heterocycles. The fraction of sp³-hybridized carbons (Fsp3) is 0.333. The van der Waals surface area contributed by atoms with Gasteiger partial charge in [0.2, 0.25) is 0 Å². The second-order valence-electron chi connectivity index (χ2n) is 4.59. The van der Waals surface area contributed by atoms with Crippen molar-refractivity contribution in [2.45, 2.75) is 33.3 Å². The number of carbonyl (C=O) groups excluding carboxylic acids is 1. The van der Waals surface area contributed by atoms with Gasteiger partial charge in [-0.3, -0.25) is 10.1 Å². The lowest BCUT2D eigenvalue weighted by Crippen LogP contribution is -2.32. The van der Waals surface area contributed by atoms with Crippen LogP contribution in [-0.2, 0) is 4.79 Å². The summed E-state index contributed by atoms with van der Waals surface area (Å²) < 4.78 is 5.72. The SMILES string of the molecule is CCC(Oc1ccc(C)cc1)C(=O)Nc1ncc(C)s1. The molecule has 1 unspecified atom stereocenters. The van der Waals surface area contributed by atoms with E-state index in [-0.39, 0.29) is 5.91 Å². The van der Waals surface area contributed by atoms with E-state index in [1.54, 1.807) is 6.20 Å². The molecule has 1 aromatic carbocycles. The van der Waals surface area contributed by atoms with Crippen LogP contribution in [0.15, 0.2) is 30.5 Å². The number of hydrogen-bond acceptors (Lipinski definition) is 4. The van der Waals surface area contributed by atoms with E-state index in [0.29, 0.717) is 17.3 Å². The van der Waals surface area contributed by atoms with Crippen LogP contribution in [0.1, 0.15) is 23.8 Å². The zero-order valence-electron chi connectivity index (χ0n) is 11.8. The summed E-state index contributed by atoms with van der Waals surface area (Å²) in [6, 6.07) is 7.67. The predicted octanol–water partition coefficient (Wildman–Crippen LogP) is 3.56. The average Bonchev–Trinajstić information content (AvgIpc) is 2.83. The second kappa shape index (κ2) is 6.52. The lowest BCUT2D eigenvalue weighted by atomic mass is 10.2. The maximum absolute atomic E-state index is 12.2. The Kier molecular flexibility index (Phi) is 4.74. The number of nitrogens with zero attached hydrogens (tertiary/aromatic N) is 1. The number of ether oxygens (including phenoxy) is 1. The average molecular weight is 290 g/mol. The first-order valence-electron chi connectivity index (χ1n) is 6.55. The standard InChI is InChI=1S/C15H18N2O2S/c1-4-13(19-12-7-5-10(2)6-8-12)14(18)17-15-16-9-11(3)20-15/h5-9,13H,4H2,1-3H3,(H,16,17,18). The van der Waals surface area contributed by atoms with E-state index in [9.17, 15) is 4.79 Å². The van der Waals surface area contributed by atoms with Crippen LogP contribution in [0.5, 0.6) is 5.75 Å². The summed E-state index contributed by atoms with van der Waals surface area (Å²) in [4.78, 5) is 17.3. The first-order chi connectivity index (χ1) is 9.58. The Labute approximate surface area is 122 Å². The molecule has 106 valence electrons. The van der Waals surface area contributed by atoms with E-state index in [2.05, 4.69) is 10.3 Å². The van der Waals surface area contributed by atoms with E-state index in [0.717, 1.165) is 10.4 Å². The monoisotopic (exact) mass is 290 g/mol. The van der Waals surface area contributed by atoms with Crippen molar-refractivity contribution >= 4 is 22.4 Å². The number of rotatable bonds is 5. The maximum atomic E-state index is 12.2. The zero-order valence-corrected chi connectivity index (χ0v) is 12.7. The van der Waals surface area contributed by atoms with E-state index in [1.165, 1.54) is 11.3 Å². The molecule has 0 aliphatic carbocycles. The van der Waals surface area contributed by atoms with Gasteiger partial charge in [0, 0.05) is 11.1 Å². The Morgan fingerprint density at radius 2 is 2.05 bits per heavy atom. The molecule has 1 amide bonds. The highest BCUT2D eigenvalue weighted by Gasteiger charge is 2.19. The molecule has 0 spiro atoms. The molecule has 2 aromatic rings. The Balaban J connectivity index is 2.00. The topological polar surface area (TPSA) is 51.2 Å². The van der Waals surface area contributed by atoms with Crippen molar-refractivity contribution in [2.75, 3.05) is 5.32 Å². The van der Waals surface area contributed by atoms with Crippen molar-refractivity contribution in [3.05, 3.63) is 40.9 Å². The lowest BCUT2D eigenvalue weighted by molar-refractivity contribution is -0.122. The van der Waals surface area contributed by atoms with Crippen LogP contribution >= 0.6 is 11.3 Å². The van der Waals surface area contributed by atoms with E-state index >= 15 is 0 Å². The molecular formula is C15H18N2O2S. The molecule has 1 atom stereocenters. The Hall–Kier alpha value is -1.88. The fourth-order valence-corrected chi connectivity index (χ4v) is 2.37. The summed E-state index contributed by atoms with van der Waals surface area (Å²) in [6.07, 6.45) is 1.83. The molecule has 1 heterocycles. The Morgan fingerprint density at radius 3 is 2.60 bits per heavy atom. The van der Waals surface area contributed by atoms with Crippen LogP contribution in [0.4, 0.5) is 5.13 Å². The number of thiazole rings is 1. The van der Waals surface area contributed by atoms with Crippen molar-refractivity contribution in [3.63, 3.8) is 0 Å². The summed E-state index contributed by atoms with van der Waals surface area (Å²) in [7, 11) is 0. The smallest absolute Gasteiger partial charge is 0.267 e. The number of hydrogen-bond donors (Lipinski definition) is 1. The van der Waals surface area contributed by atoms with Crippen LogP contribution < -0.4 is 10.1 Å². The fourth-order valence-electron chi connectivity index (χ4n) is 1.70. The maximum Gasteiger partial charge on any atom is 0.267 e. The number of aromatic nitrogens is 1. The number of aryl methyl sites for hydroxylation is 2. The quantitative estimate of drug-likeness (QED) is 0.916. The van der Waals surface area contributed by atoms with Crippen LogP contribution in [0, 0.1) is 13.8 Å². The molecule has 0 saturated carbocycles. The molecule has 2 rings (SSSR count). The molecule has 0 aliphatic heterocycles. The van der Waals surface area contributed by atoms with Gasteiger partial charge in [-0.15, -0.1) is 11.3 Å². The van der Waals surface area contributed by atoms with Gasteiger partial charge in [0.25, 0.3) is 5.91 Å². The van der Waals surface area contributed by atoms with Gasteiger partial charge in [0.15, 0.2) is 11.2 Å². The minimum Gasteiger partial charge on any atom is -0.481 e. The summed E-state index contributed by atoms with van der Waals surface area (Å²) in [5.74, 6) is 0.537. The zero-order chi connectivity index (χ0) is 14.5. The highest BCUT2D eigenvalue weighted by Crippen LogP contribution is 2.19. The van der Waals surface area contributed by atoms with Crippen molar-refractivity contribution < 1.29 is 9.53 Å². The summed E-state index contributed by atoms with van der Waals surface area (Å²) in [5, 5.41) is 3.40. The van der Waals surface area contributed by atoms with Gasteiger partial charge in [-0.1, -0.05) is 24.6 Å². The van der Waals surface area contributed by atoms with Crippen LogP contribution in [0.2, 0.25) is 0 Å². The third kappa shape index (κ3) is 3.81. The minimum absolute atomic E-state index is 0.164. The molecule has 5 heteroatoms. The normalized spacial score (nSPS) is 11.9. The lowest BCUT2D eigenvalue weighted by Gasteiger charge is -2.16. The number of anilines is 1. The van der Waals surface area contributed by atoms with Crippen LogP contribution in [0.25, 0.3) is 0 Å². The molecule has 0 bridgehead atoms. The number of nitrogens with one attached hydrogen (secondary N) is 1. The third-order valence-electron chi connectivity index (χ3n) is 2.81. The van der Waals surface area contributed by atoms with Gasteiger partial charge >= 0.3 is 0 Å². The van der Waals surface area contributed by atoms with E-state index in [4.69, 9.17) is 4.74 Å². The van der Waals surface area contributed by atoms with Crippen molar-refractivity contribution in [1.29, 1.82) is 0 Å². The molecule has 4 nitrogen and oxygen atoms in total. The molecular weight excluding hydrogens is 272 g/mol. The Bertz CT molecular complexity index is 578. The van der Waals surface area contributed by atoms with Gasteiger partial charge in [0.05, 0.1) is 0 Å². The molecule has 0 radical (unpaired) electrons. The van der Waals surface area contributed by atoms with Gasteiger partial charge in [-0.05, 0) is 32.4 Å². The van der Waals surface area contributed by atoms with Gasteiger partial charge in [0.1, 0.15) is 5.75 Å². The number of benzene rings is 1. The molecule has 20 heavy (non-hydrogen) atoms. The highest BCUT2D eigenvalue weighted by atomic mass is 32.1. The van der Waals surface area contributed by atoms with E-state index in [1.807, 2.05) is 45.0 Å². The van der Waals surface area contributed by atoms with Crippen molar-refractivity contribution in [2.24, 2.45) is 0 Å². The van der Waals surface area contributed by atoms with Crippen molar-refractivity contribution in [1.82, 2.24) is 4.98 Å². The molecule has 1 N–H and O–H groups in total. The molecule has 0 fully saturated rings. The van der Waals surface area contributed by atoms with Gasteiger partial charge in [-0.25, -0.2) is 4.98 Å². The van der Waals surface area contributed by atoms with E-state index < -0.39 is 6.10 Å². The minimum atomic E-state index is -0.512. The summed E-state index contributed by atoms with van der Waals surface area (Å²) in [6.45, 7) is 5.89. The number of amides is 1. The Morgan fingerprint density at radius 1 is 1.35 bits per heavy atom. The number of carbonyl (C=O) groups is 1. The van der Waals surface area contributed by atoms with Gasteiger partial charge in [-0.2, -0.15) is 0 Å². The summed E-state index contributed by atoms with van der Waals surface area (Å²) in [5.41, 5.74) is 1.16. The van der Waals surface area contributed by atoms with Gasteiger partial charge < -0.3 is 4.74 Å². The molecule has 1 aromatic heterocycles. The van der Waals surface area contributed by atoms with Crippen molar-refractivity contribution in [3.8, 4) is 5.75 Å². The first-order valence-corrected chi connectivity index (χ1v) is 7.36. The largest absolute Gasteiger partial charge is 0.481 e. The highest BCUT2D eigenvalue weighted by molar-refractivity contribution is 7.15.